The van der Waals surface area contributed by atoms with Crippen LogP contribution in [0, 0.1) is 0 Å². The molecule has 8 nitrogen and oxygen atoms in total. The van der Waals surface area contributed by atoms with Crippen LogP contribution in [0.4, 0.5) is 0 Å². The summed E-state index contributed by atoms with van der Waals surface area (Å²) >= 11 is 0. The van der Waals surface area contributed by atoms with Gasteiger partial charge in [-0.3, -0.25) is 0 Å². The molecule has 0 aromatic heterocycles. The number of hydrogen-bond acceptors (Lipinski definition) is 8. The molecule has 2 unspecified atom stereocenters. The molecule has 94 valence electrons. The number of carbonyl (C=O) groups is 2. The highest BCUT2D eigenvalue weighted by molar-refractivity contribution is 5.84. The number of hydroxylamine groups is 2. The van der Waals surface area contributed by atoms with Crippen LogP contribution in [0.1, 0.15) is 13.8 Å². The van der Waals surface area contributed by atoms with Crippen LogP contribution in [0.25, 0.3) is 0 Å². The average Bonchev–Trinajstić information content (AvgIpc) is 2.30. The molecule has 0 fully saturated rings. The maximum Gasteiger partial charge on any atom is 0.356 e. The topological polar surface area (TPSA) is 117 Å². The van der Waals surface area contributed by atoms with Gasteiger partial charge in [-0.25, -0.2) is 9.59 Å². The van der Waals surface area contributed by atoms with Crippen LogP contribution in [-0.4, -0.2) is 47.4 Å². The number of carbonyl (C=O) groups excluding carboxylic acids is 2. The van der Waals surface area contributed by atoms with Gasteiger partial charge < -0.3 is 19.9 Å². The van der Waals surface area contributed by atoms with Crippen LogP contribution in [0.2, 0.25) is 0 Å². The second-order valence-electron chi connectivity index (χ2n) is 2.73. The summed E-state index contributed by atoms with van der Waals surface area (Å²) in [6, 6.07) is 0. The van der Waals surface area contributed by atoms with E-state index in [9.17, 15) is 19.8 Å². The van der Waals surface area contributed by atoms with E-state index in [0.717, 1.165) is 0 Å². The van der Waals surface area contributed by atoms with Crippen molar-refractivity contribution in [3.8, 4) is 0 Å². The summed E-state index contributed by atoms with van der Waals surface area (Å²) in [6.45, 7) is 3.98. The van der Waals surface area contributed by atoms with Crippen molar-refractivity contribution in [1.82, 2.24) is 11.0 Å². The Bertz CT molecular complexity index is 211. The summed E-state index contributed by atoms with van der Waals surface area (Å²) in [6.07, 6.45) is -3.99. The molecule has 4 N–H and O–H groups in total. The van der Waals surface area contributed by atoms with Gasteiger partial charge in [0.25, 0.3) is 0 Å². The Labute approximate surface area is 92.4 Å². The number of rotatable bonds is 7. The maximum atomic E-state index is 11.0. The van der Waals surface area contributed by atoms with E-state index in [2.05, 4.69) is 20.6 Å². The van der Waals surface area contributed by atoms with Gasteiger partial charge in [-0.15, -0.1) is 0 Å². The smallest absolute Gasteiger partial charge is 0.356 e. The standard InChI is InChI=1S/C8H16N2O6/c1-3-9-15-7(13)5(11)6(12)8(14)16-10-4-2/h5-6,9-12H,3-4H2,1-2H3. The van der Waals surface area contributed by atoms with Crippen molar-refractivity contribution >= 4 is 11.9 Å². The molecule has 0 bridgehead atoms. The predicted octanol–water partition coefficient (Wildman–Crippen LogP) is -2.16. The van der Waals surface area contributed by atoms with Crippen LogP contribution >= 0.6 is 0 Å². The SMILES string of the molecule is CCNOC(=O)C(O)C(O)C(=O)ONCC. The Balaban J connectivity index is 4.09. The Morgan fingerprint density at radius 2 is 1.31 bits per heavy atom. The van der Waals surface area contributed by atoms with Crippen LogP contribution in [0.3, 0.4) is 0 Å². The summed E-state index contributed by atoms with van der Waals surface area (Å²) in [5.74, 6) is -2.33. The van der Waals surface area contributed by atoms with Crippen molar-refractivity contribution in [3.05, 3.63) is 0 Å². The lowest BCUT2D eigenvalue weighted by Gasteiger charge is -2.14. The maximum absolute atomic E-state index is 11.0. The molecule has 0 spiro atoms. The second-order valence-corrected chi connectivity index (χ2v) is 2.73. The molecule has 0 aromatic rings. The fourth-order valence-corrected chi connectivity index (χ4v) is 0.665. The highest BCUT2D eigenvalue weighted by Crippen LogP contribution is 1.98. The molecule has 0 amide bonds. The minimum Gasteiger partial charge on any atom is -0.379 e. The fraction of sp³-hybridized carbons (Fsp3) is 0.750. The summed E-state index contributed by atoms with van der Waals surface area (Å²) < 4.78 is 0. The Kier molecular flexibility index (Phi) is 7.38. The van der Waals surface area contributed by atoms with Gasteiger partial charge in [0, 0.05) is 13.1 Å². The predicted molar refractivity (Wildman–Crippen MR) is 51.6 cm³/mol. The normalized spacial score (nSPS) is 14.0. The van der Waals surface area contributed by atoms with Gasteiger partial charge in [-0.05, 0) is 13.8 Å². The highest BCUT2D eigenvalue weighted by Gasteiger charge is 2.33. The van der Waals surface area contributed by atoms with Gasteiger partial charge in [0.05, 0.1) is 0 Å². The van der Waals surface area contributed by atoms with E-state index in [4.69, 9.17) is 0 Å². The lowest BCUT2D eigenvalue weighted by Crippen LogP contribution is -2.44. The highest BCUT2D eigenvalue weighted by atomic mass is 16.7. The van der Waals surface area contributed by atoms with Gasteiger partial charge in [-0.1, -0.05) is 0 Å². The molecular weight excluding hydrogens is 220 g/mol. The van der Waals surface area contributed by atoms with Crippen LogP contribution in [0.5, 0.6) is 0 Å². The lowest BCUT2D eigenvalue weighted by molar-refractivity contribution is -0.180. The van der Waals surface area contributed by atoms with E-state index in [0.29, 0.717) is 13.1 Å². The lowest BCUT2D eigenvalue weighted by atomic mass is 10.2. The molecule has 0 saturated carbocycles. The molecule has 0 aromatic carbocycles. The van der Waals surface area contributed by atoms with Crippen molar-refractivity contribution < 1.29 is 29.5 Å². The zero-order valence-electron chi connectivity index (χ0n) is 9.10. The van der Waals surface area contributed by atoms with Crippen molar-refractivity contribution in [1.29, 1.82) is 0 Å². The first-order valence-corrected chi connectivity index (χ1v) is 4.77. The number of aliphatic hydroxyl groups is 2. The first-order valence-electron chi connectivity index (χ1n) is 4.77. The van der Waals surface area contributed by atoms with E-state index < -0.39 is 24.1 Å². The minimum absolute atomic E-state index is 0.330. The molecule has 0 saturated heterocycles. The third-order valence-corrected chi connectivity index (χ3v) is 1.42. The van der Waals surface area contributed by atoms with Gasteiger partial charge in [0.2, 0.25) is 0 Å². The van der Waals surface area contributed by atoms with E-state index >= 15 is 0 Å². The van der Waals surface area contributed by atoms with Crippen molar-refractivity contribution in [2.45, 2.75) is 26.1 Å². The quantitative estimate of drug-likeness (QED) is 0.369. The van der Waals surface area contributed by atoms with E-state index in [1.165, 1.54) is 0 Å². The molecule has 8 heteroatoms. The Morgan fingerprint density at radius 3 is 1.56 bits per heavy atom. The molecule has 16 heavy (non-hydrogen) atoms. The fourth-order valence-electron chi connectivity index (χ4n) is 0.665. The molecule has 0 radical (unpaired) electrons. The van der Waals surface area contributed by atoms with Gasteiger partial charge in [-0.2, -0.15) is 11.0 Å². The first-order chi connectivity index (χ1) is 7.54. The minimum atomic E-state index is -2.00. The van der Waals surface area contributed by atoms with E-state index in [1.807, 2.05) is 0 Å². The molecule has 0 aliphatic carbocycles. The van der Waals surface area contributed by atoms with E-state index in [1.54, 1.807) is 13.8 Å². The van der Waals surface area contributed by atoms with Gasteiger partial charge >= 0.3 is 11.9 Å². The molecule has 0 rings (SSSR count). The summed E-state index contributed by atoms with van der Waals surface area (Å²) in [5.41, 5.74) is 4.36. The molecular formula is C8H16N2O6. The van der Waals surface area contributed by atoms with Crippen molar-refractivity contribution in [2.75, 3.05) is 13.1 Å². The Morgan fingerprint density at radius 1 is 1.00 bits per heavy atom. The molecule has 0 aliphatic heterocycles. The summed E-state index contributed by atoms with van der Waals surface area (Å²) in [7, 11) is 0. The van der Waals surface area contributed by atoms with E-state index in [-0.39, 0.29) is 0 Å². The zero-order chi connectivity index (χ0) is 12.6. The number of aliphatic hydroxyl groups excluding tert-OH is 2. The number of nitrogens with one attached hydrogen (secondary N) is 2. The van der Waals surface area contributed by atoms with Gasteiger partial charge in [0.1, 0.15) is 0 Å². The summed E-state index contributed by atoms with van der Waals surface area (Å²) in [4.78, 5) is 30.6. The van der Waals surface area contributed by atoms with Crippen molar-refractivity contribution in [3.63, 3.8) is 0 Å². The Hall–Kier alpha value is -1.22. The first kappa shape index (κ1) is 14.8. The molecule has 0 heterocycles. The van der Waals surface area contributed by atoms with Crippen LogP contribution in [0.15, 0.2) is 0 Å². The monoisotopic (exact) mass is 236 g/mol. The van der Waals surface area contributed by atoms with Gasteiger partial charge in [0.15, 0.2) is 12.2 Å². The summed E-state index contributed by atoms with van der Waals surface area (Å²) in [5, 5.41) is 18.4. The second kappa shape index (κ2) is 7.99. The van der Waals surface area contributed by atoms with Crippen LogP contribution < -0.4 is 11.0 Å². The largest absolute Gasteiger partial charge is 0.379 e. The number of hydrogen-bond donors (Lipinski definition) is 4. The average molecular weight is 236 g/mol. The van der Waals surface area contributed by atoms with Crippen molar-refractivity contribution in [2.24, 2.45) is 0 Å². The molecule has 0 aliphatic rings. The third kappa shape index (κ3) is 5.03. The van der Waals surface area contributed by atoms with Crippen LogP contribution in [-0.2, 0) is 19.3 Å². The molecule has 2 atom stereocenters. The zero-order valence-corrected chi connectivity index (χ0v) is 9.10. The third-order valence-electron chi connectivity index (χ3n) is 1.42.